The van der Waals surface area contributed by atoms with E-state index in [2.05, 4.69) is 31.2 Å². The molecule has 1 unspecified atom stereocenters. The largest absolute Gasteiger partial charge is 0.388 e. The molecule has 0 aliphatic heterocycles. The molecule has 1 aromatic carbocycles. The van der Waals surface area contributed by atoms with Gasteiger partial charge in [0.05, 0.1) is 6.10 Å². The van der Waals surface area contributed by atoms with E-state index in [4.69, 9.17) is 0 Å². The Balaban J connectivity index is 1.86. The molecule has 0 saturated carbocycles. The van der Waals surface area contributed by atoms with Crippen LogP contribution < -0.4 is 10.2 Å². The monoisotopic (exact) mass is 350 g/mol. The van der Waals surface area contributed by atoms with Gasteiger partial charge < -0.3 is 15.3 Å². The number of hydrogen-bond acceptors (Lipinski definition) is 5. The zero-order chi connectivity index (χ0) is 15.2. The quantitative estimate of drug-likeness (QED) is 0.838. The number of hydrogen-bond donors (Lipinski definition) is 2. The lowest BCUT2D eigenvalue weighted by Gasteiger charge is -2.14. The van der Waals surface area contributed by atoms with Crippen molar-refractivity contribution in [2.75, 3.05) is 30.9 Å². The molecule has 0 saturated heterocycles. The summed E-state index contributed by atoms with van der Waals surface area (Å²) in [5.41, 5.74) is 0.906. The maximum atomic E-state index is 10.1. The van der Waals surface area contributed by atoms with E-state index in [1.807, 2.05) is 49.3 Å². The van der Waals surface area contributed by atoms with Crippen molar-refractivity contribution < 1.29 is 5.11 Å². The van der Waals surface area contributed by atoms with Crippen LogP contribution in [0.2, 0.25) is 0 Å². The molecule has 1 heterocycles. The van der Waals surface area contributed by atoms with Crippen LogP contribution in [0.1, 0.15) is 18.1 Å². The summed E-state index contributed by atoms with van der Waals surface area (Å²) in [7, 11) is 3.87. The number of benzene rings is 1. The molecule has 2 rings (SSSR count). The van der Waals surface area contributed by atoms with Crippen molar-refractivity contribution in [1.29, 1.82) is 0 Å². The van der Waals surface area contributed by atoms with E-state index in [0.717, 1.165) is 15.9 Å². The van der Waals surface area contributed by atoms with Gasteiger partial charge in [-0.3, -0.25) is 0 Å². The first-order valence-corrected chi connectivity index (χ1v) is 7.53. The number of nitrogens with one attached hydrogen (secondary N) is 1. The van der Waals surface area contributed by atoms with E-state index in [1.165, 1.54) is 0 Å². The molecule has 112 valence electrons. The molecule has 6 heteroatoms. The first-order valence-electron chi connectivity index (χ1n) is 6.74. The zero-order valence-corrected chi connectivity index (χ0v) is 13.7. The van der Waals surface area contributed by atoms with Crippen LogP contribution in [0.25, 0.3) is 0 Å². The van der Waals surface area contributed by atoms with Crippen molar-refractivity contribution in [3.63, 3.8) is 0 Å². The van der Waals surface area contributed by atoms with Crippen molar-refractivity contribution >= 4 is 27.7 Å². The summed E-state index contributed by atoms with van der Waals surface area (Å²) in [4.78, 5) is 10.5. The summed E-state index contributed by atoms with van der Waals surface area (Å²) in [6.45, 7) is 0.605. The van der Waals surface area contributed by atoms with Crippen LogP contribution >= 0.6 is 15.9 Å². The molecule has 5 nitrogen and oxygen atoms in total. The molecule has 0 spiro atoms. The molecule has 2 aromatic rings. The van der Waals surface area contributed by atoms with Gasteiger partial charge in [0.15, 0.2) is 0 Å². The van der Waals surface area contributed by atoms with Gasteiger partial charge in [0, 0.05) is 31.3 Å². The minimum absolute atomic E-state index is 0.498. The number of halogens is 1. The van der Waals surface area contributed by atoms with E-state index < -0.39 is 6.10 Å². The van der Waals surface area contributed by atoms with Crippen molar-refractivity contribution in [2.45, 2.75) is 12.5 Å². The maximum Gasteiger partial charge on any atom is 0.224 e. The van der Waals surface area contributed by atoms with Crippen LogP contribution in [-0.2, 0) is 0 Å². The van der Waals surface area contributed by atoms with Crippen LogP contribution in [-0.4, -0.2) is 35.7 Å². The summed E-state index contributed by atoms with van der Waals surface area (Å²) in [6.07, 6.45) is 1.81. The molecular weight excluding hydrogens is 332 g/mol. The van der Waals surface area contributed by atoms with Gasteiger partial charge in [0.2, 0.25) is 5.95 Å². The van der Waals surface area contributed by atoms with Crippen molar-refractivity contribution in [3.8, 4) is 0 Å². The Kier molecular flexibility index (Phi) is 5.52. The van der Waals surface area contributed by atoms with Crippen LogP contribution in [0.3, 0.4) is 0 Å². The number of anilines is 2. The Morgan fingerprint density at radius 2 is 1.95 bits per heavy atom. The predicted molar refractivity (Wildman–Crippen MR) is 88.6 cm³/mol. The lowest BCUT2D eigenvalue weighted by atomic mass is 10.1. The molecule has 0 fully saturated rings. The molecule has 21 heavy (non-hydrogen) atoms. The summed E-state index contributed by atoms with van der Waals surface area (Å²) >= 11 is 3.38. The Morgan fingerprint density at radius 1 is 1.24 bits per heavy atom. The van der Waals surface area contributed by atoms with Crippen LogP contribution in [0.15, 0.2) is 41.0 Å². The average molecular weight is 351 g/mol. The second kappa shape index (κ2) is 7.38. The Hall–Kier alpha value is -1.66. The predicted octanol–water partition coefficient (Wildman–Crippen LogP) is 2.84. The Morgan fingerprint density at radius 3 is 2.62 bits per heavy atom. The van der Waals surface area contributed by atoms with E-state index >= 15 is 0 Å². The fourth-order valence-electron chi connectivity index (χ4n) is 1.86. The van der Waals surface area contributed by atoms with Gasteiger partial charge in [-0.05, 0) is 30.2 Å². The van der Waals surface area contributed by atoms with Crippen LogP contribution in [0.4, 0.5) is 11.8 Å². The average Bonchev–Trinajstić information content (AvgIpc) is 2.48. The van der Waals surface area contributed by atoms with Crippen LogP contribution in [0.5, 0.6) is 0 Å². The van der Waals surface area contributed by atoms with E-state index in [-0.39, 0.29) is 0 Å². The molecule has 2 N–H and O–H groups in total. The molecule has 0 bridgehead atoms. The highest BCUT2D eigenvalue weighted by molar-refractivity contribution is 9.10. The third-order valence-corrected chi connectivity index (χ3v) is 3.58. The zero-order valence-electron chi connectivity index (χ0n) is 12.1. The standard InChI is InChI=1S/C15H19BrN4O/c1-20(2)14-8-10-18-15(19-14)17-9-7-13(21)11-3-5-12(16)6-4-11/h3-6,8,10,13,21H,7,9H2,1-2H3,(H,17,18,19). The van der Waals surface area contributed by atoms with E-state index in [1.54, 1.807) is 6.20 Å². The normalized spacial score (nSPS) is 12.0. The number of aliphatic hydroxyl groups is 1. The second-order valence-corrected chi connectivity index (χ2v) is 5.83. The highest BCUT2D eigenvalue weighted by Crippen LogP contribution is 2.19. The molecule has 0 aliphatic carbocycles. The van der Waals surface area contributed by atoms with Crippen molar-refractivity contribution in [3.05, 3.63) is 46.6 Å². The first kappa shape index (κ1) is 15.7. The minimum atomic E-state index is -0.498. The highest BCUT2D eigenvalue weighted by Gasteiger charge is 2.07. The third kappa shape index (κ3) is 4.68. The van der Waals surface area contributed by atoms with Gasteiger partial charge in [-0.25, -0.2) is 4.98 Å². The lowest BCUT2D eigenvalue weighted by Crippen LogP contribution is -2.14. The van der Waals surface area contributed by atoms with E-state index in [0.29, 0.717) is 18.9 Å². The number of aromatic nitrogens is 2. The highest BCUT2D eigenvalue weighted by atomic mass is 79.9. The summed E-state index contributed by atoms with van der Waals surface area (Å²) in [5.74, 6) is 1.42. The molecule has 0 aliphatic rings. The molecular formula is C15H19BrN4O. The Labute approximate surface area is 133 Å². The van der Waals surface area contributed by atoms with Gasteiger partial charge in [-0.2, -0.15) is 4.98 Å². The summed E-state index contributed by atoms with van der Waals surface area (Å²) in [6, 6.07) is 9.53. The maximum absolute atomic E-state index is 10.1. The minimum Gasteiger partial charge on any atom is -0.388 e. The summed E-state index contributed by atoms with van der Waals surface area (Å²) < 4.78 is 1.01. The smallest absolute Gasteiger partial charge is 0.224 e. The third-order valence-electron chi connectivity index (χ3n) is 3.05. The van der Waals surface area contributed by atoms with E-state index in [9.17, 15) is 5.11 Å². The van der Waals surface area contributed by atoms with Gasteiger partial charge >= 0.3 is 0 Å². The van der Waals surface area contributed by atoms with Crippen molar-refractivity contribution in [2.24, 2.45) is 0 Å². The Bertz CT molecular complexity index is 574. The molecule has 0 radical (unpaired) electrons. The number of rotatable bonds is 6. The van der Waals surface area contributed by atoms with Crippen LogP contribution in [0, 0.1) is 0 Å². The van der Waals surface area contributed by atoms with Crippen molar-refractivity contribution in [1.82, 2.24) is 9.97 Å². The van der Waals surface area contributed by atoms with Gasteiger partial charge in [-0.1, -0.05) is 28.1 Å². The number of aliphatic hydroxyl groups excluding tert-OH is 1. The SMILES string of the molecule is CN(C)c1ccnc(NCCC(O)c2ccc(Br)cc2)n1. The number of nitrogens with zero attached hydrogens (tertiary/aromatic N) is 3. The fourth-order valence-corrected chi connectivity index (χ4v) is 2.12. The second-order valence-electron chi connectivity index (χ2n) is 4.92. The molecule has 0 amide bonds. The lowest BCUT2D eigenvalue weighted by molar-refractivity contribution is 0.171. The fraction of sp³-hybridized carbons (Fsp3) is 0.333. The van der Waals surface area contributed by atoms with Gasteiger partial charge in [0.1, 0.15) is 5.82 Å². The topological polar surface area (TPSA) is 61.3 Å². The summed E-state index contributed by atoms with van der Waals surface area (Å²) in [5, 5.41) is 13.3. The van der Waals surface area contributed by atoms with Gasteiger partial charge in [0.25, 0.3) is 0 Å². The molecule has 1 aromatic heterocycles. The van der Waals surface area contributed by atoms with Gasteiger partial charge in [-0.15, -0.1) is 0 Å². The first-order chi connectivity index (χ1) is 10.1. The molecule has 1 atom stereocenters.